The molecule has 0 radical (unpaired) electrons. The van der Waals surface area contributed by atoms with Crippen molar-refractivity contribution in [3.05, 3.63) is 46.5 Å². The van der Waals surface area contributed by atoms with Crippen LogP contribution in [-0.2, 0) is 19.5 Å². The first kappa shape index (κ1) is 21.8. The molecule has 10 heteroatoms. The fourth-order valence-corrected chi connectivity index (χ4v) is 4.31. The number of carbonyl (C=O) groups excluding carboxylic acids is 2. The van der Waals surface area contributed by atoms with Crippen molar-refractivity contribution in [3.63, 3.8) is 0 Å². The van der Waals surface area contributed by atoms with Crippen molar-refractivity contribution in [2.75, 3.05) is 25.5 Å². The number of nitrogens with zero attached hydrogens (tertiary/aromatic N) is 6. The van der Waals surface area contributed by atoms with Gasteiger partial charge < -0.3 is 10.2 Å². The Bertz CT molecular complexity index is 1110. The predicted octanol–water partition coefficient (Wildman–Crippen LogP) is 2.59. The average molecular weight is 439 g/mol. The molecule has 4 rings (SSSR count). The van der Waals surface area contributed by atoms with Gasteiger partial charge in [0.05, 0.1) is 24.3 Å². The molecule has 2 aromatic rings. The number of rotatable bonds is 3. The molecular formula is C22H26FN7O2. The minimum atomic E-state index is -0.635. The third kappa shape index (κ3) is 3.80. The summed E-state index contributed by atoms with van der Waals surface area (Å²) in [6, 6.07) is 5.14. The minimum Gasteiger partial charge on any atom is -0.317 e. The first-order valence-corrected chi connectivity index (χ1v) is 10.7. The molecule has 0 saturated heterocycles. The summed E-state index contributed by atoms with van der Waals surface area (Å²) >= 11 is 0. The van der Waals surface area contributed by atoms with Crippen LogP contribution in [0.2, 0.25) is 0 Å². The van der Waals surface area contributed by atoms with Crippen molar-refractivity contribution in [1.29, 1.82) is 5.26 Å². The zero-order chi connectivity index (χ0) is 23.0. The fourth-order valence-electron chi connectivity index (χ4n) is 4.31. The van der Waals surface area contributed by atoms with Crippen LogP contribution in [0.3, 0.4) is 0 Å². The molecule has 0 saturated carbocycles. The summed E-state index contributed by atoms with van der Waals surface area (Å²) in [6.45, 7) is 6.32. The van der Waals surface area contributed by atoms with E-state index in [1.54, 1.807) is 27.7 Å². The zero-order valence-electron chi connectivity index (χ0n) is 18.4. The summed E-state index contributed by atoms with van der Waals surface area (Å²) in [7, 11) is 1.77. The second kappa shape index (κ2) is 8.59. The second-order valence-corrected chi connectivity index (χ2v) is 8.20. The summed E-state index contributed by atoms with van der Waals surface area (Å²) < 4.78 is 15.4. The maximum absolute atomic E-state index is 13.6. The molecule has 168 valence electrons. The van der Waals surface area contributed by atoms with Gasteiger partial charge in [-0.15, -0.1) is 0 Å². The molecule has 1 aromatic heterocycles. The first-order valence-electron chi connectivity index (χ1n) is 10.7. The molecule has 2 aliphatic rings. The smallest absolute Gasteiger partial charge is 0.317 e. The highest BCUT2D eigenvalue weighted by atomic mass is 19.1. The Morgan fingerprint density at radius 2 is 2.16 bits per heavy atom. The van der Waals surface area contributed by atoms with Crippen molar-refractivity contribution < 1.29 is 14.0 Å². The van der Waals surface area contributed by atoms with Crippen molar-refractivity contribution in [3.8, 4) is 6.07 Å². The largest absolute Gasteiger partial charge is 0.322 e. The van der Waals surface area contributed by atoms with E-state index in [-0.39, 0.29) is 30.1 Å². The van der Waals surface area contributed by atoms with Crippen molar-refractivity contribution in [2.24, 2.45) is 0 Å². The average Bonchev–Trinajstić information content (AvgIpc) is 3.07. The minimum absolute atomic E-state index is 0.128. The number of halogens is 1. The van der Waals surface area contributed by atoms with Gasteiger partial charge >= 0.3 is 6.03 Å². The molecule has 0 unspecified atom stereocenters. The van der Waals surface area contributed by atoms with Crippen LogP contribution < -0.4 is 5.32 Å². The van der Waals surface area contributed by atoms with Crippen LogP contribution in [0, 0.1) is 17.1 Å². The van der Waals surface area contributed by atoms with Crippen LogP contribution in [0.15, 0.2) is 18.2 Å². The standard InChI is InChI=1S/C22H26FN7O2/c1-4-7-28-8-9-30-20(21(31)27(28)3)17-13-29(14(2)10-19(17)26-30)22(32)25-16-5-6-18(23)15(11-16)12-24/h5-6,11,14H,4,7-10,13H2,1-3H3,(H,25,32)/t14-/m1/s1. The van der Waals surface area contributed by atoms with Gasteiger partial charge in [0.2, 0.25) is 0 Å². The molecule has 3 amide bonds. The molecule has 0 aliphatic carbocycles. The Kier molecular flexibility index (Phi) is 5.84. The summed E-state index contributed by atoms with van der Waals surface area (Å²) in [5.41, 5.74) is 2.34. The highest BCUT2D eigenvalue weighted by molar-refractivity contribution is 5.95. The van der Waals surface area contributed by atoms with E-state index in [4.69, 9.17) is 10.4 Å². The van der Waals surface area contributed by atoms with Crippen molar-refractivity contribution in [1.82, 2.24) is 24.7 Å². The highest BCUT2D eigenvalue weighted by Crippen LogP contribution is 2.29. The van der Waals surface area contributed by atoms with Crippen molar-refractivity contribution >= 4 is 17.6 Å². The SMILES string of the molecule is CCCN1CCn2nc3c(c2C(=O)N1C)CN(C(=O)Nc1ccc(F)c(C#N)c1)[C@H](C)C3. The Morgan fingerprint density at radius 3 is 2.88 bits per heavy atom. The Labute approximate surface area is 186 Å². The van der Waals surface area contributed by atoms with E-state index in [0.717, 1.165) is 30.3 Å². The molecular weight excluding hydrogens is 413 g/mol. The van der Waals surface area contributed by atoms with E-state index in [1.165, 1.54) is 12.1 Å². The molecule has 2 aliphatic heterocycles. The lowest BCUT2D eigenvalue weighted by atomic mass is 9.99. The number of anilines is 1. The molecule has 1 atom stereocenters. The van der Waals surface area contributed by atoms with Crippen LogP contribution in [0.1, 0.15) is 47.6 Å². The highest BCUT2D eigenvalue weighted by Gasteiger charge is 2.37. The molecule has 1 N–H and O–H groups in total. The van der Waals surface area contributed by atoms with E-state index in [2.05, 4.69) is 12.2 Å². The second-order valence-electron chi connectivity index (χ2n) is 8.20. The number of nitrogens with one attached hydrogen (secondary N) is 1. The number of aromatic nitrogens is 2. The molecule has 3 heterocycles. The van der Waals surface area contributed by atoms with E-state index >= 15 is 0 Å². The van der Waals surface area contributed by atoms with Gasteiger partial charge in [-0.3, -0.25) is 14.5 Å². The van der Waals surface area contributed by atoms with Crippen LogP contribution in [0.5, 0.6) is 0 Å². The van der Waals surface area contributed by atoms with Gasteiger partial charge in [0.1, 0.15) is 17.6 Å². The summed E-state index contributed by atoms with van der Waals surface area (Å²) in [5, 5.41) is 20.1. The van der Waals surface area contributed by atoms with Gasteiger partial charge in [-0.25, -0.2) is 14.2 Å². The Hall–Kier alpha value is -3.45. The maximum Gasteiger partial charge on any atom is 0.322 e. The van der Waals surface area contributed by atoms with Gasteiger partial charge in [-0.1, -0.05) is 6.92 Å². The van der Waals surface area contributed by atoms with Gasteiger partial charge in [-0.2, -0.15) is 10.4 Å². The van der Waals surface area contributed by atoms with Gasteiger partial charge in [0, 0.05) is 43.9 Å². The normalized spacial score (nSPS) is 18.6. The lowest BCUT2D eigenvalue weighted by molar-refractivity contribution is 0.00824. The van der Waals surface area contributed by atoms with Gasteiger partial charge in [0.15, 0.2) is 0 Å². The third-order valence-corrected chi connectivity index (χ3v) is 6.05. The Balaban J connectivity index is 1.59. The number of benzene rings is 1. The summed E-state index contributed by atoms with van der Waals surface area (Å²) in [5.74, 6) is -0.763. The van der Waals surface area contributed by atoms with E-state index in [1.807, 2.05) is 11.9 Å². The molecule has 1 aromatic carbocycles. The first-order chi connectivity index (χ1) is 15.3. The monoisotopic (exact) mass is 439 g/mol. The van der Waals surface area contributed by atoms with Gasteiger partial charge in [0.25, 0.3) is 5.91 Å². The number of hydrogen-bond donors (Lipinski definition) is 1. The number of fused-ring (bicyclic) bond motifs is 3. The number of amides is 3. The van der Waals surface area contributed by atoms with Crippen molar-refractivity contribution in [2.45, 2.75) is 45.8 Å². The lowest BCUT2D eigenvalue weighted by Gasteiger charge is -2.34. The zero-order valence-corrected chi connectivity index (χ0v) is 18.4. The maximum atomic E-state index is 13.6. The number of nitriles is 1. The van der Waals surface area contributed by atoms with E-state index in [0.29, 0.717) is 30.9 Å². The van der Waals surface area contributed by atoms with Crippen LogP contribution in [0.4, 0.5) is 14.9 Å². The van der Waals surface area contributed by atoms with E-state index < -0.39 is 5.82 Å². The molecule has 0 fully saturated rings. The van der Waals surface area contributed by atoms with Gasteiger partial charge in [-0.05, 0) is 31.5 Å². The van der Waals surface area contributed by atoms with Crippen LogP contribution in [0.25, 0.3) is 0 Å². The topological polar surface area (TPSA) is 97.5 Å². The predicted molar refractivity (Wildman–Crippen MR) is 115 cm³/mol. The van der Waals surface area contributed by atoms with E-state index in [9.17, 15) is 14.0 Å². The lowest BCUT2D eigenvalue weighted by Crippen LogP contribution is -2.46. The Morgan fingerprint density at radius 1 is 1.38 bits per heavy atom. The summed E-state index contributed by atoms with van der Waals surface area (Å²) in [4.78, 5) is 27.9. The molecule has 9 nitrogen and oxygen atoms in total. The van der Waals surface area contributed by atoms with Crippen LogP contribution in [-0.4, -0.2) is 62.8 Å². The number of hydrazine groups is 1. The third-order valence-electron chi connectivity index (χ3n) is 6.05. The quantitative estimate of drug-likeness (QED) is 0.793. The number of urea groups is 1. The van der Waals surface area contributed by atoms with Crippen LogP contribution >= 0.6 is 0 Å². The molecule has 32 heavy (non-hydrogen) atoms. The number of carbonyl (C=O) groups is 2. The summed E-state index contributed by atoms with van der Waals surface area (Å²) in [6.07, 6.45) is 1.46. The number of hydrogen-bond acceptors (Lipinski definition) is 5. The molecule has 0 bridgehead atoms. The molecule has 0 spiro atoms. The fraction of sp³-hybridized carbons (Fsp3) is 0.455.